The van der Waals surface area contributed by atoms with Gasteiger partial charge in [-0.05, 0) is 42.3 Å². The van der Waals surface area contributed by atoms with Gasteiger partial charge in [0.25, 0.3) is 0 Å². The van der Waals surface area contributed by atoms with Crippen molar-refractivity contribution >= 4 is 17.8 Å². The molecule has 0 aliphatic carbocycles. The summed E-state index contributed by atoms with van der Waals surface area (Å²) < 4.78 is 0. The number of carbonyl (C=O) groups is 1. The second kappa shape index (κ2) is 6.30. The van der Waals surface area contributed by atoms with Gasteiger partial charge in [0.1, 0.15) is 5.82 Å². The summed E-state index contributed by atoms with van der Waals surface area (Å²) in [6, 6.07) is 12.8. The Hall–Kier alpha value is -2.93. The highest BCUT2D eigenvalue weighted by atomic mass is 16.1. The van der Waals surface area contributed by atoms with E-state index in [1.54, 1.807) is 30.5 Å². The highest BCUT2D eigenvalue weighted by molar-refractivity contribution is 6.01. The molecule has 2 aromatic rings. The number of anilines is 1. The Balaban J connectivity index is 2.06. The smallest absolute Gasteiger partial charge is 0.249 e. The molecule has 0 radical (unpaired) electrons. The molecule has 0 aliphatic heterocycles. The van der Waals surface area contributed by atoms with E-state index in [-0.39, 0.29) is 5.91 Å². The molecule has 0 aliphatic rings. The molecule has 1 amide bonds. The summed E-state index contributed by atoms with van der Waals surface area (Å²) in [5.41, 5.74) is 2.27. The lowest BCUT2D eigenvalue weighted by molar-refractivity contribution is -0.111. The Kier molecular flexibility index (Phi) is 4.25. The van der Waals surface area contributed by atoms with E-state index in [0.29, 0.717) is 11.4 Å². The van der Waals surface area contributed by atoms with Crippen LogP contribution in [0, 0.1) is 18.3 Å². The van der Waals surface area contributed by atoms with Gasteiger partial charge in [0, 0.05) is 12.3 Å². The maximum Gasteiger partial charge on any atom is 0.249 e. The second-order valence-electron chi connectivity index (χ2n) is 4.23. The van der Waals surface area contributed by atoms with Crippen LogP contribution in [-0.2, 0) is 4.79 Å². The molecular weight excluding hydrogens is 250 g/mol. The zero-order chi connectivity index (χ0) is 14.4. The van der Waals surface area contributed by atoms with Crippen LogP contribution >= 0.6 is 0 Å². The van der Waals surface area contributed by atoms with Crippen LogP contribution in [0.2, 0.25) is 0 Å². The van der Waals surface area contributed by atoms with E-state index >= 15 is 0 Å². The van der Waals surface area contributed by atoms with Crippen molar-refractivity contribution in [2.75, 3.05) is 5.32 Å². The van der Waals surface area contributed by atoms with Crippen LogP contribution in [0.15, 0.2) is 48.7 Å². The highest BCUT2D eigenvalue weighted by Crippen LogP contribution is 2.10. The Bertz CT molecular complexity index is 699. The zero-order valence-electron chi connectivity index (χ0n) is 11.0. The number of nitriles is 1. The summed E-state index contributed by atoms with van der Waals surface area (Å²) >= 11 is 0. The van der Waals surface area contributed by atoms with E-state index in [1.165, 1.54) is 6.08 Å². The van der Waals surface area contributed by atoms with Crippen LogP contribution < -0.4 is 5.32 Å². The fourth-order valence-electron chi connectivity index (χ4n) is 1.66. The molecule has 1 N–H and O–H groups in total. The maximum absolute atomic E-state index is 11.8. The first kappa shape index (κ1) is 13.5. The van der Waals surface area contributed by atoms with Crippen molar-refractivity contribution in [3.63, 3.8) is 0 Å². The van der Waals surface area contributed by atoms with Crippen LogP contribution in [0.3, 0.4) is 0 Å². The number of aromatic nitrogens is 1. The van der Waals surface area contributed by atoms with Gasteiger partial charge in [0.2, 0.25) is 5.91 Å². The normalized spacial score (nSPS) is 10.2. The van der Waals surface area contributed by atoms with Gasteiger partial charge in [0.15, 0.2) is 0 Å². The van der Waals surface area contributed by atoms with Crippen molar-refractivity contribution in [2.45, 2.75) is 6.92 Å². The first-order valence-electron chi connectivity index (χ1n) is 6.10. The minimum absolute atomic E-state index is 0.255. The molecule has 0 saturated heterocycles. The lowest BCUT2D eigenvalue weighted by Crippen LogP contribution is -2.10. The number of pyridine rings is 1. The summed E-state index contributed by atoms with van der Waals surface area (Å²) in [7, 11) is 0. The largest absolute Gasteiger partial charge is 0.307 e. The van der Waals surface area contributed by atoms with Crippen molar-refractivity contribution in [2.24, 2.45) is 0 Å². The molecule has 0 unspecified atom stereocenters. The summed E-state index contributed by atoms with van der Waals surface area (Å²) in [4.78, 5) is 15.9. The predicted octanol–water partition coefficient (Wildman–Crippen LogP) is 2.91. The molecule has 1 heterocycles. The number of nitrogens with zero attached hydrogens (tertiary/aromatic N) is 2. The van der Waals surface area contributed by atoms with Gasteiger partial charge in [-0.1, -0.05) is 18.2 Å². The van der Waals surface area contributed by atoms with E-state index in [2.05, 4.69) is 16.4 Å². The van der Waals surface area contributed by atoms with Gasteiger partial charge >= 0.3 is 0 Å². The standard InChI is InChI=1S/C16H13N3O/c1-12-4-3-9-18-16(12)19-15(20)8-7-13-5-2-6-14(10-13)11-17/h2-10H,1H3,(H,18,19,20)/b8-7-. The van der Waals surface area contributed by atoms with Gasteiger partial charge < -0.3 is 5.32 Å². The molecule has 0 atom stereocenters. The third kappa shape index (κ3) is 3.53. The van der Waals surface area contributed by atoms with Crippen LogP contribution in [-0.4, -0.2) is 10.9 Å². The molecule has 4 heteroatoms. The van der Waals surface area contributed by atoms with Gasteiger partial charge in [-0.3, -0.25) is 4.79 Å². The topological polar surface area (TPSA) is 65.8 Å². The molecule has 1 aromatic carbocycles. The third-order valence-corrected chi connectivity index (χ3v) is 2.69. The fourth-order valence-corrected chi connectivity index (χ4v) is 1.66. The SMILES string of the molecule is Cc1cccnc1NC(=O)/C=C\c1cccc(C#N)c1. The van der Waals surface area contributed by atoms with Gasteiger partial charge in [-0.25, -0.2) is 4.98 Å². The number of carbonyl (C=O) groups excluding carboxylic acids is 1. The third-order valence-electron chi connectivity index (χ3n) is 2.69. The number of hydrogen-bond acceptors (Lipinski definition) is 3. The molecule has 20 heavy (non-hydrogen) atoms. The number of amides is 1. The van der Waals surface area contributed by atoms with Crippen molar-refractivity contribution in [1.82, 2.24) is 4.98 Å². The van der Waals surface area contributed by atoms with Gasteiger partial charge in [-0.15, -0.1) is 0 Å². The fraction of sp³-hybridized carbons (Fsp3) is 0.0625. The molecule has 0 spiro atoms. The first-order chi connectivity index (χ1) is 9.69. The first-order valence-corrected chi connectivity index (χ1v) is 6.10. The quantitative estimate of drug-likeness (QED) is 0.866. The summed E-state index contributed by atoms with van der Waals surface area (Å²) in [5, 5.41) is 11.5. The lowest BCUT2D eigenvalue weighted by atomic mass is 10.1. The van der Waals surface area contributed by atoms with Gasteiger partial charge in [0.05, 0.1) is 11.6 Å². The monoisotopic (exact) mass is 263 g/mol. The van der Waals surface area contributed by atoms with Crippen molar-refractivity contribution in [3.8, 4) is 6.07 Å². The number of benzene rings is 1. The maximum atomic E-state index is 11.8. The Morgan fingerprint density at radius 2 is 2.20 bits per heavy atom. The zero-order valence-corrected chi connectivity index (χ0v) is 11.0. The molecule has 1 aromatic heterocycles. The van der Waals surface area contributed by atoms with Crippen molar-refractivity contribution in [3.05, 3.63) is 65.4 Å². The number of nitrogens with one attached hydrogen (secondary N) is 1. The number of rotatable bonds is 3. The van der Waals surface area contributed by atoms with E-state index in [0.717, 1.165) is 11.1 Å². The highest BCUT2D eigenvalue weighted by Gasteiger charge is 2.01. The van der Waals surface area contributed by atoms with E-state index in [1.807, 2.05) is 25.1 Å². The molecule has 0 fully saturated rings. The summed E-state index contributed by atoms with van der Waals surface area (Å²) in [6.45, 7) is 1.88. The number of hydrogen-bond donors (Lipinski definition) is 1. The van der Waals surface area contributed by atoms with E-state index in [9.17, 15) is 4.79 Å². The second-order valence-corrected chi connectivity index (χ2v) is 4.23. The number of aryl methyl sites for hydroxylation is 1. The average Bonchev–Trinajstić information content (AvgIpc) is 2.48. The van der Waals surface area contributed by atoms with Crippen LogP contribution in [0.5, 0.6) is 0 Å². The van der Waals surface area contributed by atoms with E-state index < -0.39 is 0 Å². The van der Waals surface area contributed by atoms with Gasteiger partial charge in [-0.2, -0.15) is 5.26 Å². The summed E-state index contributed by atoms with van der Waals surface area (Å²) in [5.74, 6) is 0.294. The Labute approximate surface area is 117 Å². The molecule has 98 valence electrons. The molecule has 2 rings (SSSR count). The minimum Gasteiger partial charge on any atom is -0.307 e. The average molecular weight is 263 g/mol. The van der Waals surface area contributed by atoms with Crippen LogP contribution in [0.25, 0.3) is 6.08 Å². The minimum atomic E-state index is -0.255. The predicted molar refractivity (Wildman–Crippen MR) is 77.8 cm³/mol. The molecule has 0 saturated carbocycles. The summed E-state index contributed by atoms with van der Waals surface area (Å²) in [6.07, 6.45) is 4.71. The lowest BCUT2D eigenvalue weighted by Gasteiger charge is -2.03. The molecular formula is C16H13N3O. The molecule has 0 bridgehead atoms. The van der Waals surface area contributed by atoms with E-state index in [4.69, 9.17) is 5.26 Å². The van der Waals surface area contributed by atoms with Crippen molar-refractivity contribution in [1.29, 1.82) is 5.26 Å². The van der Waals surface area contributed by atoms with Crippen LogP contribution in [0.1, 0.15) is 16.7 Å². The Morgan fingerprint density at radius 1 is 1.35 bits per heavy atom. The Morgan fingerprint density at radius 3 is 2.95 bits per heavy atom. The van der Waals surface area contributed by atoms with Crippen molar-refractivity contribution < 1.29 is 4.79 Å². The van der Waals surface area contributed by atoms with Crippen LogP contribution in [0.4, 0.5) is 5.82 Å². The molecule has 4 nitrogen and oxygen atoms in total.